The summed E-state index contributed by atoms with van der Waals surface area (Å²) in [7, 11) is 0. The molecule has 0 aliphatic heterocycles. The van der Waals surface area contributed by atoms with Crippen LogP contribution in [-0.2, 0) is 0 Å². The lowest BCUT2D eigenvalue weighted by atomic mass is 10.2. The molecule has 0 fully saturated rings. The van der Waals surface area contributed by atoms with Gasteiger partial charge in [-0.3, -0.25) is 0 Å². The molecular weight excluding hydrogens is 186 g/mol. The summed E-state index contributed by atoms with van der Waals surface area (Å²) in [6, 6.07) is 9.88. The molecule has 0 saturated carbocycles. The summed E-state index contributed by atoms with van der Waals surface area (Å²) in [5, 5.41) is 3.20. The molecule has 2 heteroatoms. The normalized spacial score (nSPS) is 11.7. The first-order valence-electron chi connectivity index (χ1n) is 5.24. The van der Waals surface area contributed by atoms with Gasteiger partial charge in [-0.15, -0.1) is 6.42 Å². The van der Waals surface area contributed by atoms with Gasteiger partial charge in [-0.25, -0.2) is 0 Å². The molecule has 0 aliphatic carbocycles. The van der Waals surface area contributed by atoms with Gasteiger partial charge in [0.15, 0.2) is 0 Å². The highest BCUT2D eigenvalue weighted by Crippen LogP contribution is 2.08. The number of benzene rings is 1. The quantitative estimate of drug-likeness (QED) is 0.715. The molecule has 1 aromatic rings. The van der Waals surface area contributed by atoms with E-state index in [0.29, 0.717) is 6.61 Å². The van der Waals surface area contributed by atoms with Crippen LogP contribution >= 0.6 is 0 Å². The Bertz CT molecular complexity index is 302. The van der Waals surface area contributed by atoms with Crippen LogP contribution in [-0.4, -0.2) is 19.2 Å². The maximum absolute atomic E-state index is 5.55. The summed E-state index contributed by atoms with van der Waals surface area (Å²) >= 11 is 0. The van der Waals surface area contributed by atoms with Crippen molar-refractivity contribution < 1.29 is 4.74 Å². The second-order valence-corrected chi connectivity index (χ2v) is 3.23. The average molecular weight is 203 g/mol. The van der Waals surface area contributed by atoms with E-state index in [1.807, 2.05) is 37.3 Å². The molecule has 1 N–H and O–H groups in total. The third-order valence-electron chi connectivity index (χ3n) is 2.07. The van der Waals surface area contributed by atoms with Gasteiger partial charge in [-0.2, -0.15) is 0 Å². The highest BCUT2D eigenvalue weighted by atomic mass is 16.5. The number of hydrogen-bond acceptors (Lipinski definition) is 2. The van der Waals surface area contributed by atoms with E-state index in [9.17, 15) is 0 Å². The van der Waals surface area contributed by atoms with E-state index in [-0.39, 0.29) is 6.04 Å². The first-order chi connectivity index (χ1) is 7.36. The Morgan fingerprint density at radius 2 is 2.13 bits per heavy atom. The molecule has 0 aliphatic rings. The van der Waals surface area contributed by atoms with Crippen LogP contribution in [0.15, 0.2) is 30.3 Å². The van der Waals surface area contributed by atoms with Crippen LogP contribution in [0.1, 0.15) is 13.3 Å². The number of hydrogen-bond donors (Lipinski definition) is 1. The summed E-state index contributed by atoms with van der Waals surface area (Å²) in [4.78, 5) is 0. The van der Waals surface area contributed by atoms with Crippen LogP contribution < -0.4 is 10.1 Å². The van der Waals surface area contributed by atoms with Gasteiger partial charge in [0.25, 0.3) is 0 Å². The van der Waals surface area contributed by atoms with E-state index in [0.717, 1.165) is 18.7 Å². The van der Waals surface area contributed by atoms with Crippen molar-refractivity contribution in [3.8, 4) is 18.1 Å². The molecule has 0 saturated heterocycles. The molecule has 0 aromatic heterocycles. The van der Waals surface area contributed by atoms with Gasteiger partial charge in [0.2, 0.25) is 0 Å². The third-order valence-corrected chi connectivity index (χ3v) is 2.07. The fourth-order valence-corrected chi connectivity index (χ4v) is 1.30. The number of terminal acetylenes is 1. The van der Waals surface area contributed by atoms with E-state index in [2.05, 4.69) is 11.2 Å². The number of nitrogens with one attached hydrogen (secondary N) is 1. The van der Waals surface area contributed by atoms with Crippen molar-refractivity contribution in [1.82, 2.24) is 5.32 Å². The van der Waals surface area contributed by atoms with Gasteiger partial charge >= 0.3 is 0 Å². The Morgan fingerprint density at radius 1 is 1.40 bits per heavy atom. The van der Waals surface area contributed by atoms with Gasteiger partial charge in [-0.1, -0.05) is 31.0 Å². The minimum absolute atomic E-state index is 0.110. The highest BCUT2D eigenvalue weighted by molar-refractivity contribution is 5.20. The molecule has 0 heterocycles. The summed E-state index contributed by atoms with van der Waals surface area (Å²) in [5.41, 5.74) is 0. The molecule has 80 valence electrons. The first kappa shape index (κ1) is 11.6. The third kappa shape index (κ3) is 4.53. The monoisotopic (exact) mass is 203 g/mol. The highest BCUT2D eigenvalue weighted by Gasteiger charge is 2.02. The number of ether oxygens (including phenoxy) is 1. The Kier molecular flexibility index (Phi) is 5.35. The molecule has 0 bridgehead atoms. The Balaban J connectivity index is 2.24. The lowest BCUT2D eigenvalue weighted by Gasteiger charge is -2.11. The second kappa shape index (κ2) is 6.92. The van der Waals surface area contributed by atoms with Gasteiger partial charge in [-0.05, 0) is 18.7 Å². The van der Waals surface area contributed by atoms with E-state index in [1.54, 1.807) is 0 Å². The minimum atomic E-state index is 0.110. The summed E-state index contributed by atoms with van der Waals surface area (Å²) in [6.07, 6.45) is 6.20. The van der Waals surface area contributed by atoms with Crippen molar-refractivity contribution in [3.63, 3.8) is 0 Å². The molecule has 1 aromatic carbocycles. The maximum Gasteiger partial charge on any atom is 0.119 e. The predicted octanol–water partition coefficient (Wildman–Crippen LogP) is 2.07. The Labute approximate surface area is 91.6 Å². The fourth-order valence-electron chi connectivity index (χ4n) is 1.30. The van der Waals surface area contributed by atoms with Gasteiger partial charge in [0.05, 0.1) is 12.6 Å². The lowest BCUT2D eigenvalue weighted by Crippen LogP contribution is -2.28. The predicted molar refractivity (Wildman–Crippen MR) is 62.9 cm³/mol. The fraction of sp³-hybridized carbons (Fsp3) is 0.385. The van der Waals surface area contributed by atoms with Crippen molar-refractivity contribution in [2.24, 2.45) is 0 Å². The van der Waals surface area contributed by atoms with Crippen molar-refractivity contribution in [2.75, 3.05) is 13.2 Å². The Morgan fingerprint density at radius 3 is 2.73 bits per heavy atom. The van der Waals surface area contributed by atoms with Crippen LogP contribution in [0, 0.1) is 12.3 Å². The first-order valence-corrected chi connectivity index (χ1v) is 5.24. The van der Waals surface area contributed by atoms with Crippen molar-refractivity contribution in [1.29, 1.82) is 0 Å². The largest absolute Gasteiger partial charge is 0.494 e. The van der Waals surface area contributed by atoms with Gasteiger partial charge in [0, 0.05) is 6.42 Å². The van der Waals surface area contributed by atoms with Crippen LogP contribution in [0.5, 0.6) is 5.75 Å². The smallest absolute Gasteiger partial charge is 0.119 e. The number of rotatable bonds is 6. The summed E-state index contributed by atoms with van der Waals surface area (Å²) in [5.74, 6) is 3.59. The van der Waals surface area contributed by atoms with Crippen molar-refractivity contribution >= 4 is 0 Å². The lowest BCUT2D eigenvalue weighted by molar-refractivity contribution is 0.299. The van der Waals surface area contributed by atoms with Crippen LogP contribution in [0.3, 0.4) is 0 Å². The molecule has 1 unspecified atom stereocenters. The zero-order chi connectivity index (χ0) is 10.9. The number of para-hydroxylation sites is 1. The Hall–Kier alpha value is -1.46. The second-order valence-electron chi connectivity index (χ2n) is 3.23. The van der Waals surface area contributed by atoms with Crippen molar-refractivity contribution in [2.45, 2.75) is 19.4 Å². The summed E-state index contributed by atoms with van der Waals surface area (Å²) < 4.78 is 5.55. The molecular formula is C13H17NO. The molecule has 1 rings (SSSR count). The van der Waals surface area contributed by atoms with Crippen LogP contribution in [0.2, 0.25) is 0 Å². The molecule has 0 radical (unpaired) electrons. The zero-order valence-corrected chi connectivity index (χ0v) is 9.07. The topological polar surface area (TPSA) is 21.3 Å². The molecule has 0 amide bonds. The van der Waals surface area contributed by atoms with Crippen LogP contribution in [0.4, 0.5) is 0 Å². The zero-order valence-electron chi connectivity index (χ0n) is 9.07. The van der Waals surface area contributed by atoms with E-state index in [1.165, 1.54) is 0 Å². The molecule has 2 nitrogen and oxygen atoms in total. The average Bonchev–Trinajstić information content (AvgIpc) is 2.29. The van der Waals surface area contributed by atoms with Gasteiger partial charge < -0.3 is 10.1 Å². The van der Waals surface area contributed by atoms with Crippen molar-refractivity contribution in [3.05, 3.63) is 30.3 Å². The SMILES string of the molecule is C#CC(CCOc1ccccc1)NCC. The molecule has 15 heavy (non-hydrogen) atoms. The minimum Gasteiger partial charge on any atom is -0.494 e. The standard InChI is InChI=1S/C13H17NO/c1-3-12(14-4-2)10-11-15-13-8-6-5-7-9-13/h1,5-9,12,14H,4,10-11H2,2H3. The molecule has 0 spiro atoms. The van der Waals surface area contributed by atoms with E-state index < -0.39 is 0 Å². The van der Waals surface area contributed by atoms with Gasteiger partial charge in [0.1, 0.15) is 5.75 Å². The summed E-state index contributed by atoms with van der Waals surface area (Å²) in [6.45, 7) is 3.58. The molecule has 1 atom stereocenters. The van der Waals surface area contributed by atoms with E-state index in [4.69, 9.17) is 11.2 Å². The van der Waals surface area contributed by atoms with E-state index >= 15 is 0 Å². The van der Waals surface area contributed by atoms with Crippen LogP contribution in [0.25, 0.3) is 0 Å². The maximum atomic E-state index is 5.55.